The van der Waals surface area contributed by atoms with E-state index in [2.05, 4.69) is 11.4 Å². The predicted octanol–water partition coefficient (Wildman–Crippen LogP) is 6.86. The van der Waals surface area contributed by atoms with E-state index in [0.29, 0.717) is 22.7 Å². The summed E-state index contributed by atoms with van der Waals surface area (Å²) < 4.78 is 0. The van der Waals surface area contributed by atoms with Gasteiger partial charge < -0.3 is 4.90 Å². The van der Waals surface area contributed by atoms with E-state index in [1.54, 1.807) is 28.8 Å². The summed E-state index contributed by atoms with van der Waals surface area (Å²) in [6.45, 7) is 0.287. The average molecular weight is 510 g/mol. The minimum atomic E-state index is -1.15. The van der Waals surface area contributed by atoms with Gasteiger partial charge in [-0.15, -0.1) is 0 Å². The van der Waals surface area contributed by atoms with Gasteiger partial charge >= 0.3 is 0 Å². The zero-order chi connectivity index (χ0) is 24.7. The largest absolute Gasteiger partial charge is 0.316 e. The summed E-state index contributed by atoms with van der Waals surface area (Å²) in [7, 11) is 0. The van der Waals surface area contributed by atoms with Crippen molar-refractivity contribution >= 4 is 40.9 Å². The van der Waals surface area contributed by atoms with Gasteiger partial charge in [-0.1, -0.05) is 71.9 Å². The monoisotopic (exact) mass is 509 g/mol. The zero-order valence-corrected chi connectivity index (χ0v) is 20.9. The lowest BCUT2D eigenvalue weighted by atomic mass is 9.92. The molecule has 177 valence electrons. The molecule has 3 aromatic rings. The number of halogens is 1. The number of fused-ring (bicyclic) bond motifs is 2. The van der Waals surface area contributed by atoms with Crippen molar-refractivity contribution in [3.63, 3.8) is 0 Å². The Kier molecular flexibility index (Phi) is 5.82. The van der Waals surface area contributed by atoms with Gasteiger partial charge in [0.2, 0.25) is 0 Å². The topological polar surface area (TPSA) is 51.5 Å². The van der Waals surface area contributed by atoms with E-state index >= 15 is 0 Å². The number of nitrogens with zero attached hydrogens (tertiary/aromatic N) is 2. The molecule has 0 saturated heterocycles. The molecule has 1 heterocycles. The maximum atomic E-state index is 14.1. The number of amides is 2. The van der Waals surface area contributed by atoms with Crippen molar-refractivity contribution in [2.24, 2.45) is 0 Å². The molecule has 0 N–H and O–H groups in total. The SMILES string of the molecule is O=C1c2ccccc2[N]C(=O)C2(C=C3CC=CC=C3C2)N1Cc1ccccc1Sc1ccc(Cl)cc1. The molecule has 1 spiro atoms. The molecule has 1 radical (unpaired) electrons. The van der Waals surface area contributed by atoms with Gasteiger partial charge in [-0.2, -0.15) is 0 Å². The van der Waals surface area contributed by atoms with Crippen molar-refractivity contribution in [2.75, 3.05) is 0 Å². The van der Waals surface area contributed by atoms with Gasteiger partial charge in [-0.25, -0.2) is 5.32 Å². The minimum absolute atomic E-state index is 0.185. The molecule has 3 aromatic carbocycles. The van der Waals surface area contributed by atoms with E-state index in [4.69, 9.17) is 11.6 Å². The molecule has 3 aliphatic rings. The van der Waals surface area contributed by atoms with Crippen LogP contribution in [-0.4, -0.2) is 22.3 Å². The van der Waals surface area contributed by atoms with Gasteiger partial charge in [-0.05, 0) is 71.7 Å². The zero-order valence-electron chi connectivity index (χ0n) is 19.4. The summed E-state index contributed by atoms with van der Waals surface area (Å²) in [6, 6.07) is 22.8. The van der Waals surface area contributed by atoms with Gasteiger partial charge in [-0.3, -0.25) is 9.59 Å². The van der Waals surface area contributed by atoms with Crippen molar-refractivity contribution in [2.45, 2.75) is 34.7 Å². The molecule has 0 aromatic heterocycles. The van der Waals surface area contributed by atoms with Crippen LogP contribution in [0.3, 0.4) is 0 Å². The lowest BCUT2D eigenvalue weighted by Gasteiger charge is -2.37. The summed E-state index contributed by atoms with van der Waals surface area (Å²) in [6.07, 6.45) is 9.30. The number of carbonyl (C=O) groups excluding carboxylic acids is 2. The third kappa shape index (κ3) is 3.98. The highest BCUT2D eigenvalue weighted by atomic mass is 35.5. The minimum Gasteiger partial charge on any atom is -0.316 e. The Morgan fingerprint density at radius 2 is 1.72 bits per heavy atom. The van der Waals surface area contributed by atoms with Crippen molar-refractivity contribution < 1.29 is 9.59 Å². The number of allylic oxidation sites excluding steroid dienone is 4. The normalized spacial score (nSPS) is 20.4. The third-order valence-corrected chi connectivity index (χ3v) is 8.23. The highest BCUT2D eigenvalue weighted by molar-refractivity contribution is 7.99. The molecule has 6 heteroatoms. The van der Waals surface area contributed by atoms with Crippen LogP contribution in [0, 0.1) is 0 Å². The lowest BCUT2D eigenvalue weighted by molar-refractivity contribution is -0.128. The van der Waals surface area contributed by atoms with Crippen molar-refractivity contribution in [1.29, 1.82) is 0 Å². The summed E-state index contributed by atoms with van der Waals surface area (Å²) in [5.74, 6) is -0.484. The molecule has 6 rings (SSSR count). The van der Waals surface area contributed by atoms with E-state index < -0.39 is 5.54 Å². The predicted molar refractivity (Wildman–Crippen MR) is 142 cm³/mol. The molecule has 1 aliphatic heterocycles. The molecular formula is C30H22ClN2O2S. The van der Waals surface area contributed by atoms with Crippen LogP contribution in [0.4, 0.5) is 5.69 Å². The van der Waals surface area contributed by atoms with Crippen LogP contribution < -0.4 is 5.32 Å². The molecule has 1 unspecified atom stereocenters. The first-order valence-electron chi connectivity index (χ1n) is 11.8. The molecule has 0 saturated carbocycles. The summed E-state index contributed by atoms with van der Waals surface area (Å²) in [5.41, 5.74) is 2.88. The number of para-hydroxylation sites is 1. The van der Waals surface area contributed by atoms with Gasteiger partial charge in [0, 0.05) is 27.8 Å². The van der Waals surface area contributed by atoms with E-state index in [1.807, 2.05) is 78.9 Å². The Labute approximate surface area is 219 Å². The fraction of sp³-hybridized carbons (Fsp3) is 0.133. The first kappa shape index (κ1) is 22.9. The first-order valence-corrected chi connectivity index (χ1v) is 13.0. The van der Waals surface area contributed by atoms with Crippen LogP contribution in [-0.2, 0) is 11.3 Å². The Bertz CT molecular complexity index is 1470. The van der Waals surface area contributed by atoms with Crippen LogP contribution in [0.2, 0.25) is 5.02 Å². The van der Waals surface area contributed by atoms with Crippen LogP contribution >= 0.6 is 23.4 Å². The molecule has 2 aliphatic carbocycles. The maximum absolute atomic E-state index is 14.1. The van der Waals surface area contributed by atoms with Crippen molar-refractivity contribution in [3.8, 4) is 0 Å². The van der Waals surface area contributed by atoms with Gasteiger partial charge in [0.25, 0.3) is 11.8 Å². The fourth-order valence-corrected chi connectivity index (χ4v) is 6.09. The number of carbonyl (C=O) groups is 2. The average Bonchev–Trinajstić information content (AvgIpc) is 3.27. The van der Waals surface area contributed by atoms with Crippen molar-refractivity contribution in [1.82, 2.24) is 10.2 Å². The summed E-state index contributed by atoms with van der Waals surface area (Å²) >= 11 is 7.69. The second kappa shape index (κ2) is 9.16. The number of hydrogen-bond donors (Lipinski definition) is 0. The number of rotatable bonds is 4. The standard InChI is InChI=1S/C30H22ClN2O2S/c31-23-13-15-24(16-14-23)36-27-12-6-3-9-22(27)19-33-28(34)25-10-4-5-11-26(25)32-29(35)30(33)17-20-7-1-2-8-21(20)18-30/h1-7,9-16,18H,8,17,19H2. The Hall–Kier alpha value is -3.54. The Morgan fingerprint density at radius 1 is 0.944 bits per heavy atom. The van der Waals surface area contributed by atoms with Crippen molar-refractivity contribution in [3.05, 3.63) is 124 Å². The molecule has 0 fully saturated rings. The van der Waals surface area contributed by atoms with E-state index in [1.165, 1.54) is 0 Å². The van der Waals surface area contributed by atoms with E-state index in [-0.39, 0.29) is 18.4 Å². The van der Waals surface area contributed by atoms with Crippen LogP contribution in [0.5, 0.6) is 0 Å². The van der Waals surface area contributed by atoms with Gasteiger partial charge in [0.05, 0.1) is 11.3 Å². The molecule has 4 nitrogen and oxygen atoms in total. The first-order chi connectivity index (χ1) is 17.5. The number of benzene rings is 3. The smallest absolute Gasteiger partial charge is 0.276 e. The Morgan fingerprint density at radius 3 is 2.56 bits per heavy atom. The second-order valence-corrected chi connectivity index (χ2v) is 10.6. The summed E-state index contributed by atoms with van der Waals surface area (Å²) in [5, 5.41) is 5.15. The highest BCUT2D eigenvalue weighted by Crippen LogP contribution is 2.45. The number of hydrogen-bond acceptors (Lipinski definition) is 3. The highest BCUT2D eigenvalue weighted by Gasteiger charge is 2.52. The molecule has 36 heavy (non-hydrogen) atoms. The van der Waals surface area contributed by atoms with E-state index in [0.717, 1.165) is 32.9 Å². The molecule has 2 amide bonds. The van der Waals surface area contributed by atoms with Crippen LogP contribution in [0.25, 0.3) is 0 Å². The van der Waals surface area contributed by atoms with Crippen LogP contribution in [0.15, 0.2) is 118 Å². The molecule has 0 bridgehead atoms. The van der Waals surface area contributed by atoms with Crippen LogP contribution in [0.1, 0.15) is 28.8 Å². The molecule has 1 atom stereocenters. The quantitative estimate of drug-likeness (QED) is 0.386. The third-order valence-electron chi connectivity index (χ3n) is 6.85. The van der Waals surface area contributed by atoms with Gasteiger partial charge in [0.1, 0.15) is 5.54 Å². The molecular weight excluding hydrogens is 488 g/mol. The second-order valence-electron chi connectivity index (χ2n) is 9.08. The van der Waals surface area contributed by atoms with Gasteiger partial charge in [0.15, 0.2) is 0 Å². The summed E-state index contributed by atoms with van der Waals surface area (Å²) in [4.78, 5) is 31.7. The van der Waals surface area contributed by atoms with E-state index in [9.17, 15) is 9.59 Å². The maximum Gasteiger partial charge on any atom is 0.276 e. The lowest BCUT2D eigenvalue weighted by Crippen LogP contribution is -2.54. The fourth-order valence-electron chi connectivity index (χ4n) is 5.03. The Balaban J connectivity index is 1.44.